The molecule has 19 heavy (non-hydrogen) atoms. The van der Waals surface area contributed by atoms with Crippen LogP contribution in [0.5, 0.6) is 0 Å². The van der Waals surface area contributed by atoms with Gasteiger partial charge in [-0.1, -0.05) is 11.6 Å². The molecule has 4 nitrogen and oxygen atoms in total. The Hall–Kier alpha value is -1.57. The summed E-state index contributed by atoms with van der Waals surface area (Å²) in [5.74, 6) is 0. The third kappa shape index (κ3) is 2.09. The highest BCUT2D eigenvalue weighted by atomic mass is 35.5. The number of rotatable bonds is 1. The predicted molar refractivity (Wildman–Crippen MR) is 73.0 cm³/mol. The Bertz CT molecular complexity index is 665. The minimum Gasteiger partial charge on any atom is -0.356 e. The van der Waals surface area contributed by atoms with Gasteiger partial charge in [-0.25, -0.2) is 4.68 Å². The topological polar surface area (TPSA) is 50.8 Å². The van der Waals surface area contributed by atoms with Crippen LogP contribution in [0.15, 0.2) is 12.1 Å². The molecule has 98 valence electrons. The number of nitriles is 1. The standard InChI is InChI=1S/C14H14ClN3O/c1-9-14-10(8-16)6-11(15)7-12(14)18(17-9)13-4-2-3-5-19-13/h6-7,13H,2-5H2,1H3. The summed E-state index contributed by atoms with van der Waals surface area (Å²) in [4.78, 5) is 0. The average Bonchev–Trinajstić information content (AvgIpc) is 2.76. The molecule has 1 aromatic carbocycles. The first-order valence-electron chi connectivity index (χ1n) is 6.41. The Morgan fingerprint density at radius 3 is 3.00 bits per heavy atom. The SMILES string of the molecule is Cc1nn(C2CCCCO2)c2cc(Cl)cc(C#N)c12. The highest BCUT2D eigenvalue weighted by Crippen LogP contribution is 2.31. The van der Waals surface area contributed by atoms with Gasteiger partial charge in [0, 0.05) is 17.0 Å². The van der Waals surface area contributed by atoms with Crippen LogP contribution >= 0.6 is 11.6 Å². The maximum absolute atomic E-state index is 9.23. The fraction of sp³-hybridized carbons (Fsp3) is 0.429. The summed E-state index contributed by atoms with van der Waals surface area (Å²) in [5, 5.41) is 15.2. The van der Waals surface area contributed by atoms with Crippen molar-refractivity contribution >= 4 is 22.5 Å². The number of benzene rings is 1. The van der Waals surface area contributed by atoms with Crippen LogP contribution in [0.2, 0.25) is 5.02 Å². The largest absolute Gasteiger partial charge is 0.356 e. The van der Waals surface area contributed by atoms with Crippen molar-refractivity contribution in [2.75, 3.05) is 6.61 Å². The van der Waals surface area contributed by atoms with Gasteiger partial charge < -0.3 is 4.74 Å². The van der Waals surface area contributed by atoms with Crippen LogP contribution in [0.4, 0.5) is 0 Å². The van der Waals surface area contributed by atoms with Crippen LogP contribution < -0.4 is 0 Å². The zero-order valence-electron chi connectivity index (χ0n) is 10.7. The van der Waals surface area contributed by atoms with Gasteiger partial charge in [-0.15, -0.1) is 0 Å². The molecule has 2 aromatic rings. The van der Waals surface area contributed by atoms with Gasteiger partial charge in [0.25, 0.3) is 0 Å². The molecule has 1 saturated heterocycles. The van der Waals surface area contributed by atoms with Crippen LogP contribution in [0, 0.1) is 18.3 Å². The highest BCUT2D eigenvalue weighted by Gasteiger charge is 2.21. The van der Waals surface area contributed by atoms with Crippen LogP contribution in [-0.4, -0.2) is 16.4 Å². The van der Waals surface area contributed by atoms with Crippen molar-refractivity contribution in [2.24, 2.45) is 0 Å². The number of aromatic nitrogens is 2. The lowest BCUT2D eigenvalue weighted by Gasteiger charge is -2.23. The summed E-state index contributed by atoms with van der Waals surface area (Å²) < 4.78 is 7.64. The molecule has 1 aromatic heterocycles. The summed E-state index contributed by atoms with van der Waals surface area (Å²) in [6, 6.07) is 5.73. The van der Waals surface area contributed by atoms with Crippen LogP contribution in [0.3, 0.4) is 0 Å². The lowest BCUT2D eigenvalue weighted by Crippen LogP contribution is -2.19. The van der Waals surface area contributed by atoms with Gasteiger partial charge in [-0.3, -0.25) is 0 Å². The van der Waals surface area contributed by atoms with Gasteiger partial charge >= 0.3 is 0 Å². The van der Waals surface area contributed by atoms with E-state index in [2.05, 4.69) is 11.2 Å². The van der Waals surface area contributed by atoms with Crippen LogP contribution in [0.25, 0.3) is 10.9 Å². The van der Waals surface area contributed by atoms with Crippen molar-refractivity contribution < 1.29 is 4.74 Å². The molecule has 1 aliphatic heterocycles. The smallest absolute Gasteiger partial charge is 0.150 e. The van der Waals surface area contributed by atoms with Crippen molar-refractivity contribution in [3.05, 3.63) is 28.4 Å². The Morgan fingerprint density at radius 2 is 2.32 bits per heavy atom. The Labute approximate surface area is 116 Å². The molecule has 1 fully saturated rings. The van der Waals surface area contributed by atoms with Crippen molar-refractivity contribution in [1.29, 1.82) is 5.26 Å². The number of aryl methyl sites for hydroxylation is 1. The van der Waals surface area contributed by atoms with E-state index < -0.39 is 0 Å². The van der Waals surface area contributed by atoms with E-state index in [1.807, 2.05) is 17.7 Å². The summed E-state index contributed by atoms with van der Waals surface area (Å²) >= 11 is 6.09. The second-order valence-electron chi connectivity index (χ2n) is 4.81. The molecule has 0 bridgehead atoms. The molecule has 1 atom stereocenters. The van der Waals surface area contributed by atoms with Gasteiger partial charge in [0.2, 0.25) is 0 Å². The lowest BCUT2D eigenvalue weighted by molar-refractivity contribution is -0.0368. The molecule has 1 aliphatic rings. The second kappa shape index (κ2) is 4.84. The first kappa shape index (κ1) is 12.5. The number of halogens is 1. The van der Waals surface area contributed by atoms with Crippen LogP contribution in [-0.2, 0) is 4.74 Å². The molecule has 5 heteroatoms. The fourth-order valence-electron chi connectivity index (χ4n) is 2.64. The molecule has 2 heterocycles. The van der Waals surface area contributed by atoms with E-state index >= 15 is 0 Å². The summed E-state index contributed by atoms with van der Waals surface area (Å²) in [6.07, 6.45) is 3.13. The normalized spacial score (nSPS) is 19.5. The van der Waals surface area contributed by atoms with Crippen molar-refractivity contribution in [2.45, 2.75) is 32.4 Å². The summed E-state index contributed by atoms with van der Waals surface area (Å²) in [6.45, 7) is 2.67. The van der Waals surface area contributed by atoms with E-state index in [4.69, 9.17) is 16.3 Å². The van der Waals surface area contributed by atoms with Gasteiger partial charge in [-0.2, -0.15) is 10.4 Å². The van der Waals surface area contributed by atoms with Gasteiger partial charge in [0.1, 0.15) is 0 Å². The molecule has 0 radical (unpaired) electrons. The van der Waals surface area contributed by atoms with E-state index in [0.717, 1.165) is 42.5 Å². The summed E-state index contributed by atoms with van der Waals surface area (Å²) in [7, 11) is 0. The molecule has 0 amide bonds. The van der Waals surface area contributed by atoms with Gasteiger partial charge in [-0.05, 0) is 38.3 Å². The van der Waals surface area contributed by atoms with Crippen molar-refractivity contribution in [3.8, 4) is 6.07 Å². The van der Waals surface area contributed by atoms with E-state index in [9.17, 15) is 5.26 Å². The molecular weight excluding hydrogens is 262 g/mol. The van der Waals surface area contributed by atoms with Gasteiger partial charge in [0.15, 0.2) is 6.23 Å². The van der Waals surface area contributed by atoms with E-state index in [-0.39, 0.29) is 6.23 Å². The second-order valence-corrected chi connectivity index (χ2v) is 5.25. The summed E-state index contributed by atoms with van der Waals surface area (Å²) in [5.41, 5.74) is 2.30. The quantitative estimate of drug-likeness (QED) is 0.799. The highest BCUT2D eigenvalue weighted by molar-refractivity contribution is 6.31. The third-order valence-electron chi connectivity index (χ3n) is 3.50. The molecule has 0 N–H and O–H groups in total. The fourth-order valence-corrected chi connectivity index (χ4v) is 2.86. The van der Waals surface area contributed by atoms with Crippen molar-refractivity contribution in [3.63, 3.8) is 0 Å². The third-order valence-corrected chi connectivity index (χ3v) is 3.72. The number of fused-ring (bicyclic) bond motifs is 1. The number of hydrogen-bond acceptors (Lipinski definition) is 3. The monoisotopic (exact) mass is 275 g/mol. The average molecular weight is 276 g/mol. The zero-order valence-corrected chi connectivity index (χ0v) is 11.4. The number of hydrogen-bond donors (Lipinski definition) is 0. The Kier molecular flexibility index (Phi) is 3.17. The maximum Gasteiger partial charge on any atom is 0.150 e. The molecule has 1 unspecified atom stereocenters. The number of ether oxygens (including phenoxy) is 1. The molecule has 0 saturated carbocycles. The Morgan fingerprint density at radius 1 is 1.47 bits per heavy atom. The molecular formula is C14H14ClN3O. The minimum atomic E-state index is -0.0463. The van der Waals surface area contributed by atoms with Crippen LogP contribution in [0.1, 0.15) is 36.7 Å². The van der Waals surface area contributed by atoms with E-state index in [0.29, 0.717) is 10.6 Å². The molecule has 3 rings (SSSR count). The minimum absolute atomic E-state index is 0.0463. The van der Waals surface area contributed by atoms with Gasteiger partial charge in [0.05, 0.1) is 22.8 Å². The number of nitrogens with zero attached hydrogens (tertiary/aromatic N) is 3. The predicted octanol–water partition coefficient (Wildman–Crippen LogP) is 3.57. The van der Waals surface area contributed by atoms with Crippen molar-refractivity contribution in [1.82, 2.24) is 9.78 Å². The molecule has 0 spiro atoms. The Balaban J connectivity index is 2.21. The molecule has 0 aliphatic carbocycles. The maximum atomic E-state index is 9.23. The van der Waals surface area contributed by atoms with E-state index in [1.54, 1.807) is 6.07 Å². The zero-order chi connectivity index (χ0) is 13.4. The first-order chi connectivity index (χ1) is 9.20. The lowest BCUT2D eigenvalue weighted by atomic mass is 10.1. The first-order valence-corrected chi connectivity index (χ1v) is 6.78. The van der Waals surface area contributed by atoms with E-state index in [1.165, 1.54) is 0 Å².